The summed E-state index contributed by atoms with van der Waals surface area (Å²) in [5.41, 5.74) is 4.79. The van der Waals surface area contributed by atoms with Crippen molar-refractivity contribution in [3.8, 4) is 0 Å². The van der Waals surface area contributed by atoms with Crippen LogP contribution < -0.4 is 10.6 Å². The number of hydrogen-bond donors (Lipinski definition) is 2. The fraction of sp³-hybridized carbons (Fsp3) is 0.346. The second kappa shape index (κ2) is 10.0. The molecule has 0 bridgehead atoms. The van der Waals surface area contributed by atoms with Crippen LogP contribution in [-0.4, -0.2) is 56.6 Å². The Kier molecular flexibility index (Phi) is 6.48. The first-order valence-electron chi connectivity index (χ1n) is 11.8. The highest BCUT2D eigenvalue weighted by Gasteiger charge is 2.21. The number of benzene rings is 2. The van der Waals surface area contributed by atoms with Gasteiger partial charge in [-0.25, -0.2) is 15.0 Å². The summed E-state index contributed by atoms with van der Waals surface area (Å²) in [5, 5.41) is 7.06. The lowest BCUT2D eigenvalue weighted by Crippen LogP contribution is -2.41. The molecule has 33 heavy (non-hydrogen) atoms. The fourth-order valence-corrected chi connectivity index (χ4v) is 4.42. The van der Waals surface area contributed by atoms with E-state index in [0.717, 1.165) is 57.0 Å². The molecular weight excluding hydrogens is 410 g/mol. The summed E-state index contributed by atoms with van der Waals surface area (Å²) in [4.78, 5) is 15.9. The second-order valence-corrected chi connectivity index (χ2v) is 8.76. The van der Waals surface area contributed by atoms with E-state index in [1.54, 1.807) is 12.4 Å². The molecule has 0 spiro atoms. The molecule has 0 radical (unpaired) electrons. The van der Waals surface area contributed by atoms with Gasteiger partial charge in [0, 0.05) is 44.6 Å². The van der Waals surface area contributed by atoms with Crippen LogP contribution in [0.1, 0.15) is 24.0 Å². The molecule has 0 aliphatic carbocycles. The largest absolute Gasteiger partial charge is 0.353 e. The van der Waals surface area contributed by atoms with Crippen LogP contribution in [0.2, 0.25) is 0 Å². The van der Waals surface area contributed by atoms with Crippen molar-refractivity contribution in [1.82, 2.24) is 24.4 Å². The van der Waals surface area contributed by atoms with Gasteiger partial charge in [-0.15, -0.1) is 0 Å². The first kappa shape index (κ1) is 21.4. The van der Waals surface area contributed by atoms with E-state index in [0.29, 0.717) is 12.0 Å². The number of nitrogens with zero attached hydrogens (tertiary/aromatic N) is 5. The van der Waals surface area contributed by atoms with E-state index in [1.807, 2.05) is 6.07 Å². The number of likely N-dealkylation sites (tertiary alicyclic amines) is 1. The molecule has 4 aromatic rings. The number of nitrogens with one attached hydrogen (secondary N) is 2. The van der Waals surface area contributed by atoms with E-state index in [4.69, 9.17) is 4.98 Å². The van der Waals surface area contributed by atoms with Crippen LogP contribution in [0.5, 0.6) is 0 Å². The smallest absolute Gasteiger partial charge is 0.222 e. The van der Waals surface area contributed by atoms with Crippen molar-refractivity contribution in [1.29, 1.82) is 0 Å². The monoisotopic (exact) mass is 441 g/mol. The average molecular weight is 442 g/mol. The second-order valence-electron chi connectivity index (χ2n) is 8.76. The maximum Gasteiger partial charge on any atom is 0.222 e. The van der Waals surface area contributed by atoms with Gasteiger partial charge in [0.15, 0.2) is 0 Å². The summed E-state index contributed by atoms with van der Waals surface area (Å²) >= 11 is 0. The number of anilines is 2. The molecule has 2 aromatic heterocycles. The zero-order chi connectivity index (χ0) is 22.5. The molecule has 5 rings (SSSR count). The molecule has 170 valence electrons. The molecule has 1 fully saturated rings. The molecular formula is C26H31N7. The van der Waals surface area contributed by atoms with Crippen LogP contribution in [0.4, 0.5) is 11.9 Å². The Bertz CT molecular complexity index is 1160. The van der Waals surface area contributed by atoms with Gasteiger partial charge in [0.25, 0.3) is 0 Å². The van der Waals surface area contributed by atoms with Crippen LogP contribution in [-0.2, 0) is 6.54 Å². The molecule has 2 aromatic carbocycles. The zero-order valence-electron chi connectivity index (χ0n) is 19.1. The topological polar surface area (TPSA) is 70.9 Å². The maximum absolute atomic E-state index is 4.94. The van der Waals surface area contributed by atoms with E-state index >= 15 is 0 Å². The lowest BCUT2D eigenvalue weighted by molar-refractivity contribution is 0.226. The molecule has 7 heteroatoms. The fourth-order valence-electron chi connectivity index (χ4n) is 4.42. The summed E-state index contributed by atoms with van der Waals surface area (Å²) in [6.45, 7) is 6.95. The summed E-state index contributed by atoms with van der Waals surface area (Å²) in [5.74, 6) is 1.67. The lowest BCUT2D eigenvalue weighted by atomic mass is 10.1. The normalized spacial score (nSPS) is 15.1. The predicted molar refractivity (Wildman–Crippen MR) is 134 cm³/mol. The maximum atomic E-state index is 4.94. The van der Waals surface area contributed by atoms with Crippen LogP contribution in [0.15, 0.2) is 67.0 Å². The van der Waals surface area contributed by atoms with Gasteiger partial charge >= 0.3 is 0 Å². The summed E-state index contributed by atoms with van der Waals surface area (Å²) < 4.78 is 2.32. The van der Waals surface area contributed by atoms with Crippen molar-refractivity contribution >= 4 is 22.9 Å². The number of aromatic nitrogens is 4. The Balaban J connectivity index is 1.20. The SMILES string of the molecule is Cc1ccc(Cn2c(NC3CCN(CCNc4ncccn4)CC3)nc3ccccc32)cc1. The predicted octanol–water partition coefficient (Wildman–Crippen LogP) is 4.17. The third-order valence-electron chi connectivity index (χ3n) is 6.31. The number of hydrogen-bond acceptors (Lipinski definition) is 6. The molecule has 3 heterocycles. The highest BCUT2D eigenvalue weighted by molar-refractivity contribution is 5.78. The van der Waals surface area contributed by atoms with E-state index in [-0.39, 0.29) is 0 Å². The van der Waals surface area contributed by atoms with Gasteiger partial charge in [-0.1, -0.05) is 42.0 Å². The molecule has 1 aliphatic rings. The summed E-state index contributed by atoms with van der Waals surface area (Å²) in [7, 11) is 0. The average Bonchev–Trinajstić information content (AvgIpc) is 3.19. The number of fused-ring (bicyclic) bond motifs is 1. The first-order chi connectivity index (χ1) is 16.2. The van der Waals surface area contributed by atoms with Gasteiger partial charge in [-0.2, -0.15) is 0 Å². The molecule has 0 unspecified atom stereocenters. The standard InChI is InChI=1S/C26H31N7/c1-20-7-9-21(10-8-20)19-33-24-6-3-2-5-23(24)31-26(33)30-22-11-16-32(17-12-22)18-15-29-25-27-13-4-14-28-25/h2-10,13-14,22H,11-12,15-19H2,1H3,(H,30,31)(H,27,28,29). The van der Waals surface area contributed by atoms with Crippen molar-refractivity contribution in [2.24, 2.45) is 0 Å². The van der Waals surface area contributed by atoms with E-state index < -0.39 is 0 Å². The lowest BCUT2D eigenvalue weighted by Gasteiger charge is -2.32. The van der Waals surface area contributed by atoms with Crippen LogP contribution in [0, 0.1) is 6.92 Å². The molecule has 2 N–H and O–H groups in total. The van der Waals surface area contributed by atoms with Crippen molar-refractivity contribution in [2.75, 3.05) is 36.8 Å². The minimum absolute atomic E-state index is 0.431. The van der Waals surface area contributed by atoms with Gasteiger partial charge in [-0.3, -0.25) is 0 Å². The highest BCUT2D eigenvalue weighted by Crippen LogP contribution is 2.24. The van der Waals surface area contributed by atoms with Crippen molar-refractivity contribution < 1.29 is 0 Å². The Labute approximate surface area is 194 Å². The number of rotatable bonds is 8. The molecule has 1 aliphatic heterocycles. The molecule has 7 nitrogen and oxygen atoms in total. The Morgan fingerprint density at radius 3 is 2.48 bits per heavy atom. The van der Waals surface area contributed by atoms with Crippen LogP contribution in [0.3, 0.4) is 0 Å². The van der Waals surface area contributed by atoms with Crippen LogP contribution >= 0.6 is 0 Å². The van der Waals surface area contributed by atoms with Gasteiger partial charge in [-0.05, 0) is 43.5 Å². The van der Waals surface area contributed by atoms with Gasteiger partial charge in [0.05, 0.1) is 17.6 Å². The Morgan fingerprint density at radius 1 is 0.939 bits per heavy atom. The van der Waals surface area contributed by atoms with E-state index in [2.05, 4.69) is 85.5 Å². The van der Waals surface area contributed by atoms with E-state index in [9.17, 15) is 0 Å². The Morgan fingerprint density at radius 2 is 1.70 bits per heavy atom. The summed E-state index contributed by atoms with van der Waals surface area (Å²) in [6, 6.07) is 19.4. The van der Waals surface area contributed by atoms with Crippen molar-refractivity contribution in [3.63, 3.8) is 0 Å². The third kappa shape index (κ3) is 5.31. The van der Waals surface area contributed by atoms with Gasteiger partial charge in [0.1, 0.15) is 0 Å². The highest BCUT2D eigenvalue weighted by atomic mass is 15.2. The number of para-hydroxylation sites is 2. The van der Waals surface area contributed by atoms with Crippen molar-refractivity contribution in [2.45, 2.75) is 32.4 Å². The third-order valence-corrected chi connectivity index (χ3v) is 6.31. The van der Waals surface area contributed by atoms with Gasteiger partial charge in [0.2, 0.25) is 11.9 Å². The summed E-state index contributed by atoms with van der Waals surface area (Å²) in [6.07, 6.45) is 5.74. The van der Waals surface area contributed by atoms with Crippen LogP contribution in [0.25, 0.3) is 11.0 Å². The molecule has 0 amide bonds. The quantitative estimate of drug-likeness (QED) is 0.428. The van der Waals surface area contributed by atoms with Crippen molar-refractivity contribution in [3.05, 3.63) is 78.1 Å². The zero-order valence-corrected chi connectivity index (χ0v) is 19.1. The molecule has 0 atom stereocenters. The molecule has 1 saturated heterocycles. The van der Waals surface area contributed by atoms with Gasteiger partial charge < -0.3 is 20.1 Å². The minimum Gasteiger partial charge on any atom is -0.353 e. The van der Waals surface area contributed by atoms with E-state index in [1.165, 1.54) is 16.6 Å². The number of piperidine rings is 1. The first-order valence-corrected chi connectivity index (χ1v) is 11.8. The molecule has 0 saturated carbocycles. The minimum atomic E-state index is 0.431. The Hall–Kier alpha value is -3.45. The number of aryl methyl sites for hydroxylation is 1. The number of imidazole rings is 1.